The zero-order valence-corrected chi connectivity index (χ0v) is 18.5. The van der Waals surface area contributed by atoms with E-state index in [1.807, 2.05) is 0 Å². The summed E-state index contributed by atoms with van der Waals surface area (Å²) in [5.74, 6) is -0.969. The number of thiocarbonyl (C=S) groups is 1. The maximum Gasteiger partial charge on any atom is 0.326 e. The van der Waals surface area contributed by atoms with E-state index < -0.39 is 11.6 Å². The second-order valence-electron chi connectivity index (χ2n) is 8.33. The van der Waals surface area contributed by atoms with Crippen molar-refractivity contribution in [3.8, 4) is 0 Å². The van der Waals surface area contributed by atoms with E-state index in [1.54, 1.807) is 63.2 Å². The number of nitrogens with one attached hydrogen (secondary N) is 1. The largest absolute Gasteiger partial charge is 0.459 e. The number of anilines is 1. The summed E-state index contributed by atoms with van der Waals surface area (Å²) in [7, 11) is 0. The van der Waals surface area contributed by atoms with Crippen LogP contribution < -0.4 is 11.1 Å². The first kappa shape index (κ1) is 22.4. The van der Waals surface area contributed by atoms with Crippen molar-refractivity contribution in [3.05, 3.63) is 64.7 Å². The first-order valence-electron chi connectivity index (χ1n) is 9.89. The van der Waals surface area contributed by atoms with Gasteiger partial charge < -0.3 is 20.7 Å². The Morgan fingerprint density at radius 2 is 1.77 bits per heavy atom. The number of ether oxygens (including phenoxy) is 1. The van der Waals surface area contributed by atoms with Gasteiger partial charge in [-0.15, -0.1) is 0 Å². The van der Waals surface area contributed by atoms with E-state index in [-0.39, 0.29) is 23.3 Å². The molecule has 1 heterocycles. The smallest absolute Gasteiger partial charge is 0.326 e. The van der Waals surface area contributed by atoms with Crippen molar-refractivity contribution < 1.29 is 19.1 Å². The average molecular weight is 440 g/mol. The van der Waals surface area contributed by atoms with Crippen LogP contribution in [0.25, 0.3) is 0 Å². The number of benzene rings is 2. The third kappa shape index (κ3) is 5.67. The minimum atomic E-state index is -0.605. The molecule has 0 saturated carbocycles. The number of hydrogen-bond acceptors (Lipinski definition) is 5. The van der Waals surface area contributed by atoms with Gasteiger partial charge in [-0.3, -0.25) is 14.4 Å². The first-order chi connectivity index (χ1) is 14.5. The number of amides is 2. The van der Waals surface area contributed by atoms with Crippen LogP contribution in [0.4, 0.5) is 5.69 Å². The van der Waals surface area contributed by atoms with Gasteiger partial charge in [0.25, 0.3) is 11.8 Å². The monoisotopic (exact) mass is 439 g/mol. The highest BCUT2D eigenvalue weighted by molar-refractivity contribution is 7.80. The molecule has 162 valence electrons. The quantitative estimate of drug-likeness (QED) is 0.549. The number of nitrogens with two attached hydrogens (primary N) is 1. The van der Waals surface area contributed by atoms with Gasteiger partial charge in [-0.1, -0.05) is 12.2 Å². The van der Waals surface area contributed by atoms with E-state index in [2.05, 4.69) is 5.32 Å². The van der Waals surface area contributed by atoms with Crippen molar-refractivity contribution in [2.75, 3.05) is 18.4 Å². The molecule has 3 rings (SSSR count). The minimum Gasteiger partial charge on any atom is -0.459 e. The van der Waals surface area contributed by atoms with Gasteiger partial charge in [0.05, 0.1) is 0 Å². The van der Waals surface area contributed by atoms with Crippen LogP contribution in [-0.2, 0) is 16.0 Å². The van der Waals surface area contributed by atoms with Crippen molar-refractivity contribution in [1.29, 1.82) is 0 Å². The van der Waals surface area contributed by atoms with Crippen LogP contribution in [0.2, 0.25) is 0 Å². The molecule has 0 atom stereocenters. The zero-order chi connectivity index (χ0) is 22.8. The fourth-order valence-corrected chi connectivity index (χ4v) is 3.42. The van der Waals surface area contributed by atoms with Crippen molar-refractivity contribution in [3.63, 3.8) is 0 Å². The summed E-state index contributed by atoms with van der Waals surface area (Å²) < 4.78 is 5.30. The van der Waals surface area contributed by atoms with E-state index in [0.717, 1.165) is 11.1 Å². The molecule has 1 aliphatic rings. The molecule has 0 aromatic heterocycles. The van der Waals surface area contributed by atoms with Gasteiger partial charge in [-0.2, -0.15) is 0 Å². The normalized spacial score (nSPS) is 13.4. The summed E-state index contributed by atoms with van der Waals surface area (Å²) in [6.45, 7) is 5.64. The maximum atomic E-state index is 12.8. The Hall–Kier alpha value is -3.26. The average Bonchev–Trinajstić information content (AvgIpc) is 2.69. The third-order valence-electron chi connectivity index (χ3n) is 4.70. The molecule has 0 radical (unpaired) electrons. The van der Waals surface area contributed by atoms with Crippen molar-refractivity contribution >= 4 is 40.7 Å². The molecule has 31 heavy (non-hydrogen) atoms. The molecule has 1 aliphatic heterocycles. The molecule has 0 unspecified atom stereocenters. The second kappa shape index (κ2) is 8.85. The van der Waals surface area contributed by atoms with E-state index in [9.17, 15) is 14.4 Å². The molecular formula is C23H25N3O4S. The fraction of sp³-hybridized carbons (Fsp3) is 0.304. The summed E-state index contributed by atoms with van der Waals surface area (Å²) in [5, 5.41) is 2.82. The van der Waals surface area contributed by atoms with Crippen LogP contribution in [0.3, 0.4) is 0 Å². The van der Waals surface area contributed by atoms with Crippen LogP contribution in [0.5, 0.6) is 0 Å². The predicted octanol–water partition coefficient (Wildman–Crippen LogP) is 2.91. The summed E-state index contributed by atoms with van der Waals surface area (Å²) in [6, 6.07) is 11.9. The highest BCUT2D eigenvalue weighted by Gasteiger charge is 2.28. The van der Waals surface area contributed by atoms with Crippen molar-refractivity contribution in [1.82, 2.24) is 4.90 Å². The molecule has 2 aromatic carbocycles. The Balaban J connectivity index is 1.68. The fourth-order valence-electron chi connectivity index (χ4n) is 3.28. The van der Waals surface area contributed by atoms with Gasteiger partial charge in [-0.25, -0.2) is 0 Å². The van der Waals surface area contributed by atoms with E-state index in [1.165, 1.54) is 4.90 Å². The number of carbonyl (C=O) groups excluding carboxylic acids is 3. The topological polar surface area (TPSA) is 102 Å². The molecule has 3 N–H and O–H groups in total. The SMILES string of the molecule is CC(C)(C)OC(=O)CN1CCc2cc(C(=O)Nc3ccc(C(N)=S)cc3)ccc2C1=O. The van der Waals surface area contributed by atoms with Crippen LogP contribution >= 0.6 is 12.2 Å². The number of esters is 1. The molecular weight excluding hydrogens is 414 g/mol. The van der Waals surface area contributed by atoms with Crippen LogP contribution in [-0.4, -0.2) is 46.4 Å². The first-order valence-corrected chi connectivity index (χ1v) is 10.3. The molecule has 8 heteroatoms. The Bertz CT molecular complexity index is 1040. The molecule has 0 fully saturated rings. The second-order valence-corrected chi connectivity index (χ2v) is 8.77. The lowest BCUT2D eigenvalue weighted by atomic mass is 9.96. The molecule has 0 aliphatic carbocycles. The van der Waals surface area contributed by atoms with Crippen LogP contribution in [0, 0.1) is 0 Å². The van der Waals surface area contributed by atoms with Gasteiger partial charge in [0.1, 0.15) is 17.1 Å². The molecule has 0 bridgehead atoms. The number of fused-ring (bicyclic) bond motifs is 1. The third-order valence-corrected chi connectivity index (χ3v) is 4.94. The van der Waals surface area contributed by atoms with Crippen LogP contribution in [0.15, 0.2) is 42.5 Å². The van der Waals surface area contributed by atoms with Gasteiger partial charge >= 0.3 is 5.97 Å². The van der Waals surface area contributed by atoms with E-state index in [0.29, 0.717) is 29.8 Å². The summed E-state index contributed by atoms with van der Waals surface area (Å²) in [5.41, 5.74) is 8.03. The van der Waals surface area contributed by atoms with Gasteiger partial charge in [0.2, 0.25) is 0 Å². The lowest BCUT2D eigenvalue weighted by Crippen LogP contribution is -2.42. The zero-order valence-electron chi connectivity index (χ0n) is 17.7. The predicted molar refractivity (Wildman–Crippen MR) is 122 cm³/mol. The molecule has 2 amide bonds. The Morgan fingerprint density at radius 1 is 1.13 bits per heavy atom. The number of nitrogens with zero attached hydrogens (tertiary/aromatic N) is 1. The van der Waals surface area contributed by atoms with E-state index in [4.69, 9.17) is 22.7 Å². The Labute approximate surface area is 186 Å². The lowest BCUT2D eigenvalue weighted by molar-refractivity contribution is -0.155. The van der Waals surface area contributed by atoms with Gasteiger partial charge in [0, 0.05) is 28.9 Å². The standard InChI is InChI=1S/C23H25N3O4S/c1-23(2,3)30-19(27)13-26-11-10-15-12-16(6-9-18(15)22(26)29)21(28)25-17-7-4-14(5-8-17)20(24)31/h4-9,12H,10-11,13H2,1-3H3,(H2,24,31)(H,25,28). The number of carbonyl (C=O) groups is 3. The van der Waals surface area contributed by atoms with Gasteiger partial charge in [-0.05, 0) is 75.2 Å². The number of hydrogen-bond donors (Lipinski definition) is 2. The highest BCUT2D eigenvalue weighted by atomic mass is 32.1. The number of rotatable bonds is 5. The van der Waals surface area contributed by atoms with Crippen molar-refractivity contribution in [2.45, 2.75) is 32.8 Å². The van der Waals surface area contributed by atoms with Crippen molar-refractivity contribution in [2.24, 2.45) is 5.73 Å². The summed E-state index contributed by atoms with van der Waals surface area (Å²) in [6.07, 6.45) is 0.549. The molecule has 2 aromatic rings. The maximum absolute atomic E-state index is 12.8. The van der Waals surface area contributed by atoms with E-state index >= 15 is 0 Å². The van der Waals surface area contributed by atoms with Gasteiger partial charge in [0.15, 0.2) is 0 Å². The summed E-state index contributed by atoms with van der Waals surface area (Å²) in [4.78, 5) is 39.2. The van der Waals surface area contributed by atoms with Crippen LogP contribution in [0.1, 0.15) is 52.6 Å². The Kier molecular flexibility index (Phi) is 6.40. The highest BCUT2D eigenvalue weighted by Crippen LogP contribution is 2.22. The molecule has 0 saturated heterocycles. The minimum absolute atomic E-state index is 0.0972. The lowest BCUT2D eigenvalue weighted by Gasteiger charge is -2.29. The Morgan fingerprint density at radius 3 is 2.39 bits per heavy atom. The molecule has 0 spiro atoms. The summed E-state index contributed by atoms with van der Waals surface area (Å²) >= 11 is 4.92. The molecule has 7 nitrogen and oxygen atoms in total.